The number of nitrogens with one attached hydrogen (secondary N) is 1. The molecule has 1 heterocycles. The molecular weight excluding hydrogens is 358 g/mol. The highest BCUT2D eigenvalue weighted by Gasteiger charge is 2.23. The van der Waals surface area contributed by atoms with Crippen LogP contribution in [0.15, 0.2) is 47.4 Å². The molecule has 0 atom stereocenters. The highest BCUT2D eigenvalue weighted by Crippen LogP contribution is 2.27. The average molecular weight is 375 g/mol. The lowest BCUT2D eigenvalue weighted by atomic mass is 10.2. The minimum atomic E-state index is -4.00. The first-order chi connectivity index (χ1) is 12.3. The van der Waals surface area contributed by atoms with Gasteiger partial charge in [-0.15, -0.1) is 0 Å². The van der Waals surface area contributed by atoms with Crippen molar-refractivity contribution >= 4 is 33.0 Å². The van der Waals surface area contributed by atoms with E-state index in [1.807, 2.05) is 0 Å². The predicted octanol–water partition coefficient (Wildman–Crippen LogP) is 2.83. The molecule has 1 amide bonds. The molecule has 2 aromatic carbocycles. The van der Waals surface area contributed by atoms with Crippen molar-refractivity contribution in [3.05, 3.63) is 58.1 Å². The summed E-state index contributed by atoms with van der Waals surface area (Å²) in [6, 6.07) is 10.3. The Morgan fingerprint density at radius 1 is 1.19 bits per heavy atom. The summed E-state index contributed by atoms with van der Waals surface area (Å²) in [5, 5.41) is 11.0. The van der Waals surface area contributed by atoms with Gasteiger partial charge in [0.2, 0.25) is 5.91 Å². The summed E-state index contributed by atoms with van der Waals surface area (Å²) in [4.78, 5) is 23.7. The minimum absolute atomic E-state index is 0.000772. The van der Waals surface area contributed by atoms with E-state index in [0.717, 1.165) is 12.5 Å². The molecule has 1 fully saturated rings. The Morgan fingerprint density at radius 3 is 2.62 bits per heavy atom. The number of amides is 1. The fourth-order valence-corrected chi connectivity index (χ4v) is 3.89. The van der Waals surface area contributed by atoms with Crippen molar-refractivity contribution in [1.29, 1.82) is 0 Å². The van der Waals surface area contributed by atoms with Crippen LogP contribution in [0.2, 0.25) is 0 Å². The van der Waals surface area contributed by atoms with Gasteiger partial charge in [-0.3, -0.25) is 19.6 Å². The summed E-state index contributed by atoms with van der Waals surface area (Å²) in [5.74, 6) is -0.000772. The molecule has 0 unspecified atom stereocenters. The molecule has 136 valence electrons. The van der Waals surface area contributed by atoms with Gasteiger partial charge in [0.25, 0.3) is 15.7 Å². The molecule has 1 aliphatic rings. The number of sulfonamides is 1. The molecule has 2 aromatic rings. The van der Waals surface area contributed by atoms with Crippen LogP contribution in [0.1, 0.15) is 18.4 Å². The first-order valence-electron chi connectivity index (χ1n) is 7.96. The standard InChI is InChI=1S/C17H17N3O5S/c1-12-7-8-15(11-16(12)20(22)23)26(24,25)18-13-4-2-5-14(10-13)19-9-3-6-17(19)21/h2,4-5,7-8,10-11,18H,3,6,9H2,1H3. The Labute approximate surface area is 150 Å². The van der Waals surface area contributed by atoms with E-state index in [1.54, 1.807) is 36.1 Å². The maximum absolute atomic E-state index is 12.6. The molecule has 1 aliphatic heterocycles. The van der Waals surface area contributed by atoms with Gasteiger partial charge in [0.05, 0.1) is 15.5 Å². The summed E-state index contributed by atoms with van der Waals surface area (Å²) in [6.07, 6.45) is 1.24. The minimum Gasteiger partial charge on any atom is -0.312 e. The van der Waals surface area contributed by atoms with Crippen molar-refractivity contribution in [3.8, 4) is 0 Å². The smallest absolute Gasteiger partial charge is 0.273 e. The quantitative estimate of drug-likeness (QED) is 0.638. The largest absolute Gasteiger partial charge is 0.312 e. The van der Waals surface area contributed by atoms with Crippen molar-refractivity contribution < 1.29 is 18.1 Å². The number of nitrogens with zero attached hydrogens (tertiary/aromatic N) is 2. The van der Waals surface area contributed by atoms with Gasteiger partial charge in [0.15, 0.2) is 0 Å². The monoisotopic (exact) mass is 375 g/mol. The normalized spacial score (nSPS) is 14.5. The Morgan fingerprint density at radius 2 is 1.96 bits per heavy atom. The summed E-state index contributed by atoms with van der Waals surface area (Å²) in [5.41, 5.74) is 1.01. The van der Waals surface area contributed by atoms with Crippen molar-refractivity contribution in [2.75, 3.05) is 16.2 Å². The lowest BCUT2D eigenvalue weighted by Gasteiger charge is -2.17. The maximum atomic E-state index is 12.6. The van der Waals surface area contributed by atoms with E-state index in [9.17, 15) is 23.3 Å². The maximum Gasteiger partial charge on any atom is 0.273 e. The van der Waals surface area contributed by atoms with Crippen molar-refractivity contribution in [1.82, 2.24) is 0 Å². The number of anilines is 2. The number of benzene rings is 2. The molecule has 0 aromatic heterocycles. The van der Waals surface area contributed by atoms with E-state index in [4.69, 9.17) is 0 Å². The van der Waals surface area contributed by atoms with E-state index in [2.05, 4.69) is 4.72 Å². The van der Waals surface area contributed by atoms with Crippen LogP contribution in [0.5, 0.6) is 0 Å². The highest BCUT2D eigenvalue weighted by atomic mass is 32.2. The van der Waals surface area contributed by atoms with Gasteiger partial charge >= 0.3 is 0 Å². The van der Waals surface area contributed by atoms with Gasteiger partial charge in [-0.05, 0) is 37.6 Å². The number of rotatable bonds is 5. The van der Waals surface area contributed by atoms with E-state index in [-0.39, 0.29) is 22.2 Å². The zero-order chi connectivity index (χ0) is 18.9. The van der Waals surface area contributed by atoms with Crippen LogP contribution in [-0.2, 0) is 14.8 Å². The third kappa shape index (κ3) is 3.52. The number of hydrogen-bond acceptors (Lipinski definition) is 5. The van der Waals surface area contributed by atoms with Gasteiger partial charge in [0, 0.05) is 30.3 Å². The van der Waals surface area contributed by atoms with Crippen molar-refractivity contribution in [2.45, 2.75) is 24.7 Å². The number of carbonyl (C=O) groups is 1. The fraction of sp³-hybridized carbons (Fsp3) is 0.235. The zero-order valence-corrected chi connectivity index (χ0v) is 14.8. The Bertz CT molecular complexity index is 988. The first kappa shape index (κ1) is 17.9. The number of nitro benzene ring substituents is 1. The third-order valence-corrected chi connectivity index (χ3v) is 5.55. The van der Waals surface area contributed by atoms with Gasteiger partial charge in [-0.2, -0.15) is 0 Å². The van der Waals surface area contributed by atoms with Gasteiger partial charge in [-0.25, -0.2) is 8.42 Å². The second-order valence-electron chi connectivity index (χ2n) is 6.01. The van der Waals surface area contributed by atoms with Crippen LogP contribution in [0.3, 0.4) is 0 Å². The molecule has 9 heteroatoms. The highest BCUT2D eigenvalue weighted by molar-refractivity contribution is 7.92. The first-order valence-corrected chi connectivity index (χ1v) is 9.44. The molecule has 0 radical (unpaired) electrons. The van der Waals surface area contributed by atoms with E-state index in [1.165, 1.54) is 12.1 Å². The Kier molecular flexibility index (Phi) is 4.64. The van der Waals surface area contributed by atoms with Crippen LogP contribution in [0.4, 0.5) is 17.1 Å². The summed E-state index contributed by atoms with van der Waals surface area (Å²) < 4.78 is 27.6. The number of hydrogen-bond donors (Lipinski definition) is 1. The van der Waals surface area contributed by atoms with E-state index >= 15 is 0 Å². The molecule has 3 rings (SSSR count). The lowest BCUT2D eigenvalue weighted by Crippen LogP contribution is -2.23. The van der Waals surface area contributed by atoms with Crippen LogP contribution >= 0.6 is 0 Å². The zero-order valence-electron chi connectivity index (χ0n) is 14.0. The van der Waals surface area contributed by atoms with Gasteiger partial charge < -0.3 is 4.90 Å². The van der Waals surface area contributed by atoms with Gasteiger partial charge in [0.1, 0.15) is 0 Å². The average Bonchev–Trinajstić information content (AvgIpc) is 3.00. The predicted molar refractivity (Wildman–Crippen MR) is 96.7 cm³/mol. The topological polar surface area (TPSA) is 110 Å². The van der Waals surface area contributed by atoms with Crippen LogP contribution in [-0.4, -0.2) is 25.8 Å². The Hall–Kier alpha value is -2.94. The molecule has 0 saturated carbocycles. The van der Waals surface area contributed by atoms with Crippen LogP contribution < -0.4 is 9.62 Å². The van der Waals surface area contributed by atoms with Crippen molar-refractivity contribution in [2.24, 2.45) is 0 Å². The second-order valence-corrected chi connectivity index (χ2v) is 7.69. The summed E-state index contributed by atoms with van der Waals surface area (Å²) >= 11 is 0. The molecule has 0 bridgehead atoms. The molecule has 1 saturated heterocycles. The molecule has 1 N–H and O–H groups in total. The Balaban J connectivity index is 1.89. The summed E-state index contributed by atoms with van der Waals surface area (Å²) in [7, 11) is -4.00. The molecule has 8 nitrogen and oxygen atoms in total. The van der Waals surface area contributed by atoms with Crippen LogP contribution in [0.25, 0.3) is 0 Å². The second kappa shape index (κ2) is 6.75. The SMILES string of the molecule is Cc1ccc(S(=O)(=O)Nc2cccc(N3CCCC3=O)c2)cc1[N+](=O)[O-]. The third-order valence-electron chi connectivity index (χ3n) is 4.17. The fourth-order valence-electron chi connectivity index (χ4n) is 2.83. The van der Waals surface area contributed by atoms with Crippen molar-refractivity contribution in [3.63, 3.8) is 0 Å². The number of carbonyl (C=O) groups excluding carboxylic acids is 1. The number of aryl methyl sites for hydroxylation is 1. The lowest BCUT2D eigenvalue weighted by molar-refractivity contribution is -0.385. The van der Waals surface area contributed by atoms with E-state index in [0.29, 0.717) is 24.2 Å². The molecule has 0 spiro atoms. The molecule has 0 aliphatic carbocycles. The van der Waals surface area contributed by atoms with E-state index < -0.39 is 14.9 Å². The number of nitro groups is 1. The van der Waals surface area contributed by atoms with Gasteiger partial charge in [-0.1, -0.05) is 12.1 Å². The summed E-state index contributed by atoms with van der Waals surface area (Å²) in [6.45, 7) is 2.14. The molecule has 26 heavy (non-hydrogen) atoms. The van der Waals surface area contributed by atoms with Crippen LogP contribution in [0, 0.1) is 17.0 Å². The molecular formula is C17H17N3O5S.